The third-order valence-electron chi connectivity index (χ3n) is 3.50. The number of phenolic OH excluding ortho intramolecular Hbond substituents is 1. The summed E-state index contributed by atoms with van der Waals surface area (Å²) in [5, 5.41) is 12.6. The number of phenols is 1. The molecule has 0 unspecified atom stereocenters. The average molecular weight is 375 g/mol. The zero-order valence-corrected chi connectivity index (χ0v) is 15.2. The van der Waals surface area contributed by atoms with E-state index in [2.05, 4.69) is 5.32 Å². The molecule has 0 aliphatic heterocycles. The number of nitrogens with one attached hydrogen (secondary N) is 1. The van der Waals surface area contributed by atoms with E-state index in [-0.39, 0.29) is 23.9 Å². The fourth-order valence-corrected chi connectivity index (χ4v) is 2.30. The van der Waals surface area contributed by atoms with Crippen LogP contribution in [0.4, 0.5) is 5.69 Å². The van der Waals surface area contributed by atoms with E-state index >= 15 is 0 Å². The highest BCUT2D eigenvalue weighted by atomic mass is 35.5. The van der Waals surface area contributed by atoms with Crippen molar-refractivity contribution in [2.75, 3.05) is 26.0 Å². The van der Waals surface area contributed by atoms with Crippen molar-refractivity contribution in [3.63, 3.8) is 0 Å². The van der Waals surface area contributed by atoms with Crippen LogP contribution in [0.2, 0.25) is 5.02 Å². The van der Waals surface area contributed by atoms with Crippen molar-refractivity contribution >= 4 is 35.2 Å². The van der Waals surface area contributed by atoms with Gasteiger partial charge in [-0.25, -0.2) is 0 Å². The Morgan fingerprint density at radius 3 is 2.77 bits per heavy atom. The fraction of sp³-hybridized carbons (Fsp3) is 0.158. The van der Waals surface area contributed by atoms with E-state index in [4.69, 9.17) is 16.3 Å². The van der Waals surface area contributed by atoms with Gasteiger partial charge in [0.25, 0.3) is 0 Å². The molecular formula is C19H19ClN2O4. The molecule has 2 aromatic rings. The Morgan fingerprint density at radius 1 is 1.27 bits per heavy atom. The Hall–Kier alpha value is -2.99. The van der Waals surface area contributed by atoms with E-state index in [1.165, 1.54) is 36.2 Å². The fourth-order valence-electron chi connectivity index (χ4n) is 2.13. The summed E-state index contributed by atoms with van der Waals surface area (Å²) in [6.45, 7) is -0.173. The molecule has 0 bridgehead atoms. The third-order valence-corrected chi connectivity index (χ3v) is 3.74. The zero-order valence-electron chi connectivity index (χ0n) is 14.4. The molecule has 0 saturated carbocycles. The second-order valence-electron chi connectivity index (χ2n) is 5.51. The second kappa shape index (κ2) is 8.92. The number of carbonyl (C=O) groups is 2. The molecule has 0 atom stereocenters. The van der Waals surface area contributed by atoms with Crippen molar-refractivity contribution in [2.24, 2.45) is 0 Å². The largest absolute Gasteiger partial charge is 0.506 e. The van der Waals surface area contributed by atoms with Crippen LogP contribution in [-0.4, -0.2) is 42.5 Å². The molecule has 26 heavy (non-hydrogen) atoms. The predicted molar refractivity (Wildman–Crippen MR) is 101 cm³/mol. The van der Waals surface area contributed by atoms with Gasteiger partial charge in [-0.05, 0) is 42.0 Å². The van der Waals surface area contributed by atoms with Gasteiger partial charge in [0.1, 0.15) is 11.5 Å². The van der Waals surface area contributed by atoms with Crippen molar-refractivity contribution in [3.8, 4) is 11.5 Å². The normalized spacial score (nSPS) is 10.6. The van der Waals surface area contributed by atoms with Gasteiger partial charge >= 0.3 is 0 Å². The zero-order chi connectivity index (χ0) is 19.1. The lowest BCUT2D eigenvalue weighted by Gasteiger charge is -2.15. The second-order valence-corrected chi connectivity index (χ2v) is 5.95. The number of ether oxygens (including phenoxy) is 1. The lowest BCUT2D eigenvalue weighted by atomic mass is 10.2. The number of hydrogen-bond donors (Lipinski definition) is 2. The molecule has 0 saturated heterocycles. The molecule has 2 aromatic carbocycles. The summed E-state index contributed by atoms with van der Waals surface area (Å²) in [6.07, 6.45) is 3.01. The maximum absolute atomic E-state index is 12.1. The number of methoxy groups -OCH3 is 1. The predicted octanol–water partition coefficient (Wildman–Crippen LogP) is 3.16. The SMILES string of the molecule is COc1cccc(/C=C/C(=O)N(C)CC(=O)Nc2cc(Cl)ccc2O)c1. The van der Waals surface area contributed by atoms with Crippen molar-refractivity contribution in [3.05, 3.63) is 59.1 Å². The number of nitrogens with zero attached hydrogens (tertiary/aromatic N) is 1. The molecule has 2 amide bonds. The Bertz CT molecular complexity index is 836. The first-order valence-electron chi connectivity index (χ1n) is 7.74. The highest BCUT2D eigenvalue weighted by molar-refractivity contribution is 6.31. The maximum atomic E-state index is 12.1. The summed E-state index contributed by atoms with van der Waals surface area (Å²) < 4.78 is 5.12. The van der Waals surface area contributed by atoms with E-state index in [1.54, 1.807) is 25.3 Å². The van der Waals surface area contributed by atoms with Crippen molar-refractivity contribution in [1.82, 2.24) is 4.90 Å². The van der Waals surface area contributed by atoms with Crippen molar-refractivity contribution in [2.45, 2.75) is 0 Å². The van der Waals surface area contributed by atoms with Crippen LogP contribution in [0.1, 0.15) is 5.56 Å². The molecule has 0 aliphatic carbocycles. The minimum Gasteiger partial charge on any atom is -0.506 e. The number of rotatable bonds is 6. The van der Waals surface area contributed by atoms with Gasteiger partial charge < -0.3 is 20.1 Å². The molecule has 6 nitrogen and oxygen atoms in total. The van der Waals surface area contributed by atoms with Gasteiger partial charge in [0, 0.05) is 18.1 Å². The summed E-state index contributed by atoms with van der Waals surface area (Å²) in [4.78, 5) is 25.4. The molecule has 0 spiro atoms. The number of aromatic hydroxyl groups is 1. The van der Waals surface area contributed by atoms with E-state index < -0.39 is 5.91 Å². The van der Waals surface area contributed by atoms with Crippen LogP contribution in [0.5, 0.6) is 11.5 Å². The minimum atomic E-state index is -0.451. The van der Waals surface area contributed by atoms with Crippen molar-refractivity contribution < 1.29 is 19.4 Å². The lowest BCUT2D eigenvalue weighted by molar-refractivity contribution is -0.129. The van der Waals surface area contributed by atoms with E-state index in [0.29, 0.717) is 10.8 Å². The summed E-state index contributed by atoms with van der Waals surface area (Å²) >= 11 is 5.83. The molecular weight excluding hydrogens is 356 g/mol. The third kappa shape index (κ3) is 5.53. The van der Waals surface area contributed by atoms with Gasteiger partial charge in [-0.1, -0.05) is 23.7 Å². The minimum absolute atomic E-state index is 0.102. The van der Waals surface area contributed by atoms with Gasteiger partial charge in [0.15, 0.2) is 0 Å². The molecule has 0 heterocycles. The quantitative estimate of drug-likeness (QED) is 0.601. The first-order chi connectivity index (χ1) is 12.4. The van der Waals surface area contributed by atoms with Crippen LogP contribution in [-0.2, 0) is 9.59 Å². The Kier molecular flexibility index (Phi) is 6.63. The van der Waals surface area contributed by atoms with Gasteiger partial charge in [0.05, 0.1) is 19.3 Å². The summed E-state index contributed by atoms with van der Waals surface area (Å²) in [6, 6.07) is 11.6. The van der Waals surface area contributed by atoms with E-state index in [9.17, 15) is 14.7 Å². The summed E-state index contributed by atoms with van der Waals surface area (Å²) in [5.74, 6) is -0.199. The molecule has 0 aliphatic rings. The van der Waals surface area contributed by atoms with Crippen LogP contribution in [0.25, 0.3) is 6.08 Å². The van der Waals surface area contributed by atoms with Gasteiger partial charge in [-0.15, -0.1) is 0 Å². The first-order valence-corrected chi connectivity index (χ1v) is 8.12. The highest BCUT2D eigenvalue weighted by Crippen LogP contribution is 2.26. The molecule has 2 N–H and O–H groups in total. The average Bonchev–Trinajstić information content (AvgIpc) is 2.62. The molecule has 2 rings (SSSR count). The van der Waals surface area contributed by atoms with E-state index in [1.807, 2.05) is 12.1 Å². The standard InChI is InChI=1S/C19H19ClN2O4/c1-22(12-18(24)21-16-11-14(20)7-8-17(16)23)19(25)9-6-13-4-3-5-15(10-13)26-2/h3-11,23H,12H2,1-2H3,(H,21,24)/b9-6+. The highest BCUT2D eigenvalue weighted by Gasteiger charge is 2.12. The Balaban J connectivity index is 1.94. The smallest absolute Gasteiger partial charge is 0.246 e. The molecule has 0 aromatic heterocycles. The first kappa shape index (κ1) is 19.3. The number of hydrogen-bond acceptors (Lipinski definition) is 4. The number of amides is 2. The molecule has 7 heteroatoms. The van der Waals surface area contributed by atoms with Crippen LogP contribution < -0.4 is 10.1 Å². The van der Waals surface area contributed by atoms with Crippen LogP contribution in [0.3, 0.4) is 0 Å². The topological polar surface area (TPSA) is 78.9 Å². The maximum Gasteiger partial charge on any atom is 0.246 e. The van der Waals surface area contributed by atoms with Crippen molar-refractivity contribution in [1.29, 1.82) is 0 Å². The number of likely N-dealkylation sites (N-methyl/N-ethyl adjacent to an activating group) is 1. The van der Waals surface area contributed by atoms with Gasteiger partial charge in [-0.2, -0.15) is 0 Å². The van der Waals surface area contributed by atoms with Crippen LogP contribution in [0, 0.1) is 0 Å². The Morgan fingerprint density at radius 2 is 2.04 bits per heavy atom. The monoisotopic (exact) mass is 374 g/mol. The molecule has 136 valence electrons. The molecule has 0 fully saturated rings. The number of benzene rings is 2. The van der Waals surface area contributed by atoms with Crippen LogP contribution in [0.15, 0.2) is 48.5 Å². The summed E-state index contributed by atoms with van der Waals surface area (Å²) in [5.41, 5.74) is 0.995. The summed E-state index contributed by atoms with van der Waals surface area (Å²) in [7, 11) is 3.08. The number of halogens is 1. The van der Waals surface area contributed by atoms with Crippen LogP contribution >= 0.6 is 11.6 Å². The van der Waals surface area contributed by atoms with Gasteiger partial charge in [-0.3, -0.25) is 9.59 Å². The number of anilines is 1. The van der Waals surface area contributed by atoms with Gasteiger partial charge in [0.2, 0.25) is 11.8 Å². The number of carbonyl (C=O) groups excluding carboxylic acids is 2. The lowest BCUT2D eigenvalue weighted by Crippen LogP contribution is -2.33. The molecule has 0 radical (unpaired) electrons. The Labute approximate surface area is 156 Å². The van der Waals surface area contributed by atoms with E-state index in [0.717, 1.165) is 5.56 Å².